The first kappa shape index (κ1) is 15.6. The lowest BCUT2D eigenvalue weighted by molar-refractivity contribution is 0.265. The third-order valence-electron chi connectivity index (χ3n) is 3.20. The largest absolute Gasteiger partial charge is 0.395 e. The number of aliphatic hydroxyl groups is 1. The van der Waals surface area contributed by atoms with E-state index in [9.17, 15) is 0 Å². The van der Waals surface area contributed by atoms with E-state index in [0.29, 0.717) is 6.42 Å². The van der Waals surface area contributed by atoms with Gasteiger partial charge in [-0.1, -0.05) is 12.1 Å². The molecule has 112 valence electrons. The van der Waals surface area contributed by atoms with Gasteiger partial charge < -0.3 is 16.6 Å². The standard InChI is InChI=1S/C16H22N4O/c1-11(17)6-12-2-4-15(19-8-12)16-5-3-13(9-20-16)7-14(18)10-21/h2-5,8-9,11,14,21H,6-7,10,17-18H2,1H3. The Morgan fingerprint density at radius 3 is 1.86 bits per heavy atom. The average Bonchev–Trinajstić information content (AvgIpc) is 2.48. The number of rotatable bonds is 6. The Hall–Kier alpha value is -1.82. The first-order valence-electron chi connectivity index (χ1n) is 7.10. The van der Waals surface area contributed by atoms with Crippen LogP contribution < -0.4 is 11.5 Å². The van der Waals surface area contributed by atoms with E-state index in [2.05, 4.69) is 9.97 Å². The lowest BCUT2D eigenvalue weighted by atomic mass is 10.1. The predicted molar refractivity (Wildman–Crippen MR) is 83.6 cm³/mol. The molecule has 0 bridgehead atoms. The van der Waals surface area contributed by atoms with Gasteiger partial charge >= 0.3 is 0 Å². The molecule has 0 aliphatic heterocycles. The molecule has 0 aromatic carbocycles. The summed E-state index contributed by atoms with van der Waals surface area (Å²) in [5.41, 5.74) is 15.3. The van der Waals surface area contributed by atoms with Crippen LogP contribution in [0.2, 0.25) is 0 Å². The van der Waals surface area contributed by atoms with Crippen molar-refractivity contribution in [2.75, 3.05) is 6.61 Å². The van der Waals surface area contributed by atoms with Crippen LogP contribution in [0.15, 0.2) is 36.7 Å². The topological polar surface area (TPSA) is 98.0 Å². The Labute approximate surface area is 125 Å². The summed E-state index contributed by atoms with van der Waals surface area (Å²) in [6.07, 6.45) is 5.06. The molecule has 0 saturated carbocycles. The van der Waals surface area contributed by atoms with Gasteiger partial charge in [0.1, 0.15) is 0 Å². The van der Waals surface area contributed by atoms with Crippen molar-refractivity contribution < 1.29 is 5.11 Å². The minimum Gasteiger partial charge on any atom is -0.395 e. The van der Waals surface area contributed by atoms with Crippen LogP contribution in [0.25, 0.3) is 11.4 Å². The first-order chi connectivity index (χ1) is 10.1. The Morgan fingerprint density at radius 2 is 1.48 bits per heavy atom. The molecule has 0 aliphatic rings. The third-order valence-corrected chi connectivity index (χ3v) is 3.20. The number of aromatic nitrogens is 2. The van der Waals surface area contributed by atoms with Crippen molar-refractivity contribution in [1.82, 2.24) is 9.97 Å². The molecule has 5 N–H and O–H groups in total. The number of aliphatic hydroxyl groups excluding tert-OH is 1. The van der Waals surface area contributed by atoms with Crippen molar-refractivity contribution in [1.29, 1.82) is 0 Å². The summed E-state index contributed by atoms with van der Waals surface area (Å²) in [7, 11) is 0. The highest BCUT2D eigenvalue weighted by molar-refractivity contribution is 5.54. The van der Waals surface area contributed by atoms with Gasteiger partial charge in [-0.3, -0.25) is 9.97 Å². The molecule has 2 atom stereocenters. The highest BCUT2D eigenvalue weighted by Crippen LogP contribution is 2.15. The molecular formula is C16H22N4O. The SMILES string of the molecule is CC(N)Cc1ccc(-c2ccc(CC(N)CO)cn2)nc1. The van der Waals surface area contributed by atoms with Crippen LogP contribution >= 0.6 is 0 Å². The zero-order valence-corrected chi connectivity index (χ0v) is 12.2. The average molecular weight is 286 g/mol. The summed E-state index contributed by atoms with van der Waals surface area (Å²) in [6.45, 7) is 1.95. The molecule has 5 heteroatoms. The molecule has 5 nitrogen and oxygen atoms in total. The molecule has 2 aromatic heterocycles. The Balaban J connectivity index is 2.08. The normalized spacial score (nSPS) is 13.9. The molecule has 2 heterocycles. The molecule has 0 radical (unpaired) electrons. The van der Waals surface area contributed by atoms with Crippen molar-refractivity contribution in [3.05, 3.63) is 47.8 Å². The van der Waals surface area contributed by atoms with Gasteiger partial charge in [0.05, 0.1) is 18.0 Å². The molecule has 0 amide bonds. The predicted octanol–water partition coefficient (Wildman–Crippen LogP) is 0.895. The van der Waals surface area contributed by atoms with E-state index in [-0.39, 0.29) is 18.7 Å². The van der Waals surface area contributed by atoms with E-state index in [0.717, 1.165) is 28.9 Å². The van der Waals surface area contributed by atoms with Gasteiger partial charge in [0.2, 0.25) is 0 Å². The van der Waals surface area contributed by atoms with E-state index < -0.39 is 0 Å². The molecule has 2 rings (SSSR count). The monoisotopic (exact) mass is 286 g/mol. The summed E-state index contributed by atoms with van der Waals surface area (Å²) >= 11 is 0. The van der Waals surface area contributed by atoms with Crippen LogP contribution in [-0.4, -0.2) is 33.8 Å². The van der Waals surface area contributed by atoms with Crippen molar-refractivity contribution >= 4 is 0 Å². The molecule has 0 fully saturated rings. The van der Waals surface area contributed by atoms with E-state index in [1.807, 2.05) is 37.4 Å². The highest BCUT2D eigenvalue weighted by atomic mass is 16.3. The highest BCUT2D eigenvalue weighted by Gasteiger charge is 2.05. The second-order valence-corrected chi connectivity index (χ2v) is 5.43. The van der Waals surface area contributed by atoms with Crippen molar-refractivity contribution in [2.45, 2.75) is 31.8 Å². The summed E-state index contributed by atoms with van der Waals surface area (Å²) in [5.74, 6) is 0. The summed E-state index contributed by atoms with van der Waals surface area (Å²) in [6, 6.07) is 7.77. The fraction of sp³-hybridized carbons (Fsp3) is 0.375. The van der Waals surface area contributed by atoms with Crippen LogP contribution in [0.5, 0.6) is 0 Å². The molecule has 0 aliphatic carbocycles. The van der Waals surface area contributed by atoms with Crippen molar-refractivity contribution in [3.63, 3.8) is 0 Å². The maximum absolute atomic E-state index is 8.95. The van der Waals surface area contributed by atoms with Crippen LogP contribution in [0.4, 0.5) is 0 Å². The maximum atomic E-state index is 8.95. The van der Waals surface area contributed by atoms with E-state index in [4.69, 9.17) is 16.6 Å². The second kappa shape index (κ2) is 7.26. The quantitative estimate of drug-likeness (QED) is 0.732. The number of nitrogens with zero attached hydrogens (tertiary/aromatic N) is 2. The van der Waals surface area contributed by atoms with Gasteiger partial charge in [-0.05, 0) is 43.0 Å². The van der Waals surface area contributed by atoms with Gasteiger partial charge in [-0.25, -0.2) is 0 Å². The number of nitrogens with two attached hydrogens (primary N) is 2. The summed E-state index contributed by atoms with van der Waals surface area (Å²) in [5, 5.41) is 8.95. The lowest BCUT2D eigenvalue weighted by Gasteiger charge is -2.08. The third kappa shape index (κ3) is 4.60. The number of hydrogen-bond donors (Lipinski definition) is 3. The first-order valence-corrected chi connectivity index (χ1v) is 7.10. The van der Waals surface area contributed by atoms with Gasteiger partial charge in [-0.15, -0.1) is 0 Å². The van der Waals surface area contributed by atoms with Gasteiger partial charge in [0, 0.05) is 24.5 Å². The Morgan fingerprint density at radius 1 is 0.952 bits per heavy atom. The van der Waals surface area contributed by atoms with Crippen molar-refractivity contribution in [3.8, 4) is 11.4 Å². The maximum Gasteiger partial charge on any atom is 0.0886 e. The van der Waals surface area contributed by atoms with Crippen LogP contribution in [-0.2, 0) is 12.8 Å². The smallest absolute Gasteiger partial charge is 0.0886 e. The lowest BCUT2D eigenvalue weighted by Crippen LogP contribution is -2.26. The van der Waals surface area contributed by atoms with Crippen LogP contribution in [0.3, 0.4) is 0 Å². The molecule has 0 spiro atoms. The zero-order chi connectivity index (χ0) is 15.2. The number of pyridine rings is 2. The molecule has 0 saturated heterocycles. The zero-order valence-electron chi connectivity index (χ0n) is 12.2. The second-order valence-electron chi connectivity index (χ2n) is 5.43. The summed E-state index contributed by atoms with van der Waals surface area (Å²) in [4.78, 5) is 8.83. The van der Waals surface area contributed by atoms with Crippen LogP contribution in [0, 0.1) is 0 Å². The van der Waals surface area contributed by atoms with E-state index >= 15 is 0 Å². The van der Waals surface area contributed by atoms with E-state index in [1.165, 1.54) is 0 Å². The molecule has 21 heavy (non-hydrogen) atoms. The van der Waals surface area contributed by atoms with Crippen molar-refractivity contribution in [2.24, 2.45) is 11.5 Å². The molecular weight excluding hydrogens is 264 g/mol. The minimum absolute atomic E-state index is 0.0235. The minimum atomic E-state index is -0.242. The van der Waals surface area contributed by atoms with Gasteiger partial charge in [0.25, 0.3) is 0 Å². The fourth-order valence-corrected chi connectivity index (χ4v) is 2.13. The summed E-state index contributed by atoms with van der Waals surface area (Å²) < 4.78 is 0. The Kier molecular flexibility index (Phi) is 5.38. The van der Waals surface area contributed by atoms with Crippen LogP contribution in [0.1, 0.15) is 18.1 Å². The Bertz CT molecular complexity index is 551. The van der Waals surface area contributed by atoms with E-state index in [1.54, 1.807) is 6.20 Å². The molecule has 2 aromatic rings. The van der Waals surface area contributed by atoms with Gasteiger partial charge in [-0.2, -0.15) is 0 Å². The number of hydrogen-bond acceptors (Lipinski definition) is 5. The molecule has 2 unspecified atom stereocenters. The van der Waals surface area contributed by atoms with Gasteiger partial charge in [0.15, 0.2) is 0 Å². The fourth-order valence-electron chi connectivity index (χ4n) is 2.13.